The van der Waals surface area contributed by atoms with Crippen LogP contribution >= 0.6 is 11.8 Å². The minimum atomic E-state index is 0.457. The molecule has 0 aliphatic carbocycles. The van der Waals surface area contributed by atoms with Gasteiger partial charge in [0.25, 0.3) is 0 Å². The van der Waals surface area contributed by atoms with E-state index in [0.717, 1.165) is 13.1 Å². The molecule has 0 fully saturated rings. The second-order valence-electron chi connectivity index (χ2n) is 4.92. The van der Waals surface area contributed by atoms with Crippen LogP contribution in [0.15, 0.2) is 30.3 Å². The smallest absolute Gasteiger partial charge is 0.0472 e. The monoisotopic (exact) mass is 280 g/mol. The zero-order chi connectivity index (χ0) is 14.1. The second-order valence-corrected chi connectivity index (χ2v) is 5.83. The van der Waals surface area contributed by atoms with Crippen LogP contribution in [-0.2, 0) is 0 Å². The Kier molecular flexibility index (Phi) is 8.19. The normalized spacial score (nSPS) is 14.6. The van der Waals surface area contributed by atoms with Crippen molar-refractivity contribution in [2.75, 3.05) is 32.1 Å². The molecular weight excluding hydrogens is 252 g/mol. The number of nitrogens with zero attached hydrogens (tertiary/aromatic N) is 1. The highest BCUT2D eigenvalue weighted by molar-refractivity contribution is 7.98. The minimum Gasteiger partial charge on any atom is -0.315 e. The van der Waals surface area contributed by atoms with E-state index in [0.29, 0.717) is 12.1 Å². The quantitative estimate of drug-likeness (QED) is 0.746. The number of hydrogen-bond acceptors (Lipinski definition) is 3. The molecule has 1 aromatic carbocycles. The second kappa shape index (κ2) is 9.40. The summed E-state index contributed by atoms with van der Waals surface area (Å²) in [6.07, 6.45) is 3.39. The van der Waals surface area contributed by atoms with Crippen LogP contribution in [0.3, 0.4) is 0 Å². The van der Waals surface area contributed by atoms with Crippen LogP contribution in [0.2, 0.25) is 0 Å². The summed E-state index contributed by atoms with van der Waals surface area (Å²) >= 11 is 1.94. The maximum absolute atomic E-state index is 3.50. The van der Waals surface area contributed by atoms with Crippen LogP contribution in [0.25, 0.3) is 0 Å². The Bertz CT molecular complexity index is 329. The number of likely N-dealkylation sites (N-methyl/N-ethyl adjacent to an activating group) is 2. The van der Waals surface area contributed by atoms with E-state index in [1.807, 2.05) is 11.8 Å². The maximum Gasteiger partial charge on any atom is 0.0472 e. The Hall–Kier alpha value is -0.510. The third-order valence-electron chi connectivity index (χ3n) is 3.67. The first-order valence-electron chi connectivity index (χ1n) is 7.21. The highest BCUT2D eigenvalue weighted by atomic mass is 32.2. The zero-order valence-electron chi connectivity index (χ0n) is 12.7. The molecule has 0 aliphatic heterocycles. The summed E-state index contributed by atoms with van der Waals surface area (Å²) in [7, 11) is 2.26. The van der Waals surface area contributed by atoms with Crippen molar-refractivity contribution in [3.05, 3.63) is 35.9 Å². The van der Waals surface area contributed by atoms with Gasteiger partial charge in [-0.15, -0.1) is 0 Å². The van der Waals surface area contributed by atoms with Gasteiger partial charge in [-0.1, -0.05) is 44.2 Å². The number of rotatable bonds is 9. The summed E-state index contributed by atoms with van der Waals surface area (Å²) in [5.74, 6) is 1.20. The molecule has 2 unspecified atom stereocenters. The highest BCUT2D eigenvalue weighted by Gasteiger charge is 2.22. The molecule has 19 heavy (non-hydrogen) atoms. The molecule has 1 N–H and O–H groups in total. The van der Waals surface area contributed by atoms with Gasteiger partial charge in [0.15, 0.2) is 0 Å². The molecule has 0 saturated heterocycles. The molecule has 0 radical (unpaired) electrons. The van der Waals surface area contributed by atoms with Gasteiger partial charge in [-0.25, -0.2) is 0 Å². The molecule has 0 bridgehead atoms. The number of nitrogens with one attached hydrogen (secondary N) is 1. The number of hydrogen-bond donors (Lipinski definition) is 1. The van der Waals surface area contributed by atoms with Crippen LogP contribution in [-0.4, -0.2) is 43.1 Å². The molecule has 0 aliphatic rings. The van der Waals surface area contributed by atoms with Gasteiger partial charge in [-0.2, -0.15) is 11.8 Å². The average molecular weight is 280 g/mol. The topological polar surface area (TPSA) is 15.3 Å². The van der Waals surface area contributed by atoms with Crippen molar-refractivity contribution in [1.29, 1.82) is 0 Å². The van der Waals surface area contributed by atoms with E-state index in [4.69, 9.17) is 0 Å². The van der Waals surface area contributed by atoms with Gasteiger partial charge < -0.3 is 5.32 Å². The molecule has 0 aromatic heterocycles. The third kappa shape index (κ3) is 5.17. The fourth-order valence-electron chi connectivity index (χ4n) is 2.42. The number of benzene rings is 1. The van der Waals surface area contributed by atoms with E-state index < -0.39 is 0 Å². The van der Waals surface area contributed by atoms with E-state index in [2.05, 4.69) is 67.7 Å². The van der Waals surface area contributed by atoms with Gasteiger partial charge in [0.05, 0.1) is 0 Å². The van der Waals surface area contributed by atoms with Crippen LogP contribution in [0, 0.1) is 0 Å². The van der Waals surface area contributed by atoms with E-state index in [-0.39, 0.29) is 0 Å². The molecule has 1 rings (SSSR count). The SMILES string of the molecule is CCNCC(c1ccccc1)N(C)C(CC)CSC. The maximum atomic E-state index is 3.50. The Morgan fingerprint density at radius 2 is 1.89 bits per heavy atom. The minimum absolute atomic E-state index is 0.457. The predicted octanol–water partition coefficient (Wildman–Crippen LogP) is 3.41. The van der Waals surface area contributed by atoms with Crippen LogP contribution in [0.1, 0.15) is 31.9 Å². The van der Waals surface area contributed by atoms with Gasteiger partial charge >= 0.3 is 0 Å². The van der Waals surface area contributed by atoms with Gasteiger partial charge in [0.1, 0.15) is 0 Å². The Labute approximate surface area is 123 Å². The summed E-state index contributed by atoms with van der Waals surface area (Å²) in [4.78, 5) is 2.54. The largest absolute Gasteiger partial charge is 0.315 e. The molecule has 2 nitrogen and oxygen atoms in total. The molecule has 108 valence electrons. The molecule has 2 atom stereocenters. The van der Waals surface area contributed by atoms with Crippen molar-refractivity contribution < 1.29 is 0 Å². The van der Waals surface area contributed by atoms with Crippen molar-refractivity contribution in [2.45, 2.75) is 32.4 Å². The van der Waals surface area contributed by atoms with Crippen molar-refractivity contribution in [1.82, 2.24) is 10.2 Å². The lowest BCUT2D eigenvalue weighted by molar-refractivity contribution is 0.180. The van der Waals surface area contributed by atoms with Crippen LogP contribution in [0.5, 0.6) is 0 Å². The first-order valence-corrected chi connectivity index (χ1v) is 8.60. The summed E-state index contributed by atoms with van der Waals surface area (Å²) in [5, 5.41) is 3.50. The first-order chi connectivity index (χ1) is 9.24. The lowest BCUT2D eigenvalue weighted by Gasteiger charge is -2.35. The highest BCUT2D eigenvalue weighted by Crippen LogP contribution is 2.23. The molecule has 0 spiro atoms. The first kappa shape index (κ1) is 16.5. The fraction of sp³-hybridized carbons (Fsp3) is 0.625. The lowest BCUT2D eigenvalue weighted by atomic mass is 10.0. The van der Waals surface area contributed by atoms with Gasteiger partial charge in [0, 0.05) is 24.4 Å². The van der Waals surface area contributed by atoms with E-state index in [1.165, 1.54) is 17.7 Å². The summed E-state index contributed by atoms with van der Waals surface area (Å²) in [5.41, 5.74) is 1.41. The van der Waals surface area contributed by atoms with Gasteiger partial charge in [-0.3, -0.25) is 4.90 Å². The summed E-state index contributed by atoms with van der Waals surface area (Å²) < 4.78 is 0. The van der Waals surface area contributed by atoms with Crippen molar-refractivity contribution >= 4 is 11.8 Å². The van der Waals surface area contributed by atoms with Crippen molar-refractivity contribution in [2.24, 2.45) is 0 Å². The summed E-state index contributed by atoms with van der Waals surface area (Å²) in [6.45, 7) is 6.49. The molecule has 3 heteroatoms. The molecule has 1 aromatic rings. The predicted molar refractivity (Wildman–Crippen MR) is 88.0 cm³/mol. The van der Waals surface area contributed by atoms with Crippen molar-refractivity contribution in [3.8, 4) is 0 Å². The third-order valence-corrected chi connectivity index (χ3v) is 4.39. The molecular formula is C16H28N2S. The Morgan fingerprint density at radius 1 is 1.21 bits per heavy atom. The van der Waals surface area contributed by atoms with E-state index >= 15 is 0 Å². The zero-order valence-corrected chi connectivity index (χ0v) is 13.5. The fourth-order valence-corrected chi connectivity index (χ4v) is 3.28. The standard InChI is InChI=1S/C16H28N2S/c1-5-15(13-19-4)18(3)16(12-17-6-2)14-10-8-7-9-11-14/h7-11,15-17H,5-6,12-13H2,1-4H3. The molecule has 0 saturated carbocycles. The van der Waals surface area contributed by atoms with E-state index in [1.54, 1.807) is 0 Å². The van der Waals surface area contributed by atoms with Crippen LogP contribution in [0.4, 0.5) is 0 Å². The Morgan fingerprint density at radius 3 is 2.42 bits per heavy atom. The lowest BCUT2D eigenvalue weighted by Crippen LogP contribution is -2.41. The average Bonchev–Trinajstić information content (AvgIpc) is 2.46. The van der Waals surface area contributed by atoms with E-state index in [9.17, 15) is 0 Å². The van der Waals surface area contributed by atoms with Crippen molar-refractivity contribution in [3.63, 3.8) is 0 Å². The Balaban J connectivity index is 2.83. The molecule has 0 amide bonds. The molecule has 0 heterocycles. The van der Waals surface area contributed by atoms with Crippen LogP contribution < -0.4 is 5.32 Å². The number of thioether (sulfide) groups is 1. The summed E-state index contributed by atoms with van der Waals surface area (Å²) in [6, 6.07) is 11.9. The van der Waals surface area contributed by atoms with Gasteiger partial charge in [-0.05, 0) is 31.8 Å². The van der Waals surface area contributed by atoms with Gasteiger partial charge in [0.2, 0.25) is 0 Å².